The van der Waals surface area contributed by atoms with Crippen LogP contribution in [0.4, 0.5) is 0 Å². The maximum absolute atomic E-state index is 9.47. The molecule has 0 radical (unpaired) electrons. The Balaban J connectivity index is 0. The van der Waals surface area contributed by atoms with E-state index < -0.39 is 36.3 Å². The molecule has 0 unspecified atom stereocenters. The number of hydrogen-bond donors (Lipinski definition) is 1. The molecule has 0 aliphatic carbocycles. The van der Waals surface area contributed by atoms with Gasteiger partial charge in [-0.3, -0.25) is 4.79 Å². The normalized spacial score (nSPS) is 7.20. The molecule has 0 bridgehead atoms. The molecule has 2 N–H and O–H groups in total. The van der Waals surface area contributed by atoms with Crippen molar-refractivity contribution >= 4 is 5.91 Å². The van der Waals surface area contributed by atoms with Crippen molar-refractivity contribution < 1.29 is 45.8 Å². The second kappa shape index (κ2) is 11.6. The molecule has 0 aromatic carbocycles. The van der Waals surface area contributed by atoms with Crippen LogP contribution in [0.2, 0.25) is 0 Å². The third-order valence-corrected chi connectivity index (χ3v) is 0.910. The molecule has 0 saturated heterocycles. The fraction of sp³-hybridized carbons (Fsp3) is 0. The Morgan fingerprint density at radius 3 is 1.80 bits per heavy atom. The molecule has 7 heteroatoms. The first-order chi connectivity index (χ1) is 4.68. The Kier molecular flexibility index (Phi) is 14.5. The fourth-order valence-corrected chi connectivity index (χ4v) is 0.145. The first-order valence-electron chi connectivity index (χ1n) is 1.77. The molecular weight excluding hydrogens is 226 g/mol. The second-order valence-corrected chi connectivity index (χ2v) is 1.96. The third kappa shape index (κ3) is 25.0. The summed E-state index contributed by atoms with van der Waals surface area (Å²) in [6.45, 7) is 3.09. The molecule has 0 fully saturated rings. The quantitative estimate of drug-likeness (QED) is 0.516. The zero-order chi connectivity index (χ0) is 8.41. The fourth-order valence-electron chi connectivity index (χ4n) is 0.00851. The molecule has 0 rings (SSSR count). The Bertz CT molecular complexity index is 130. The summed E-state index contributed by atoms with van der Waals surface area (Å²) in [5, 5.41) is 0. The predicted octanol–water partition coefficient (Wildman–Crippen LogP) is -0.653. The third-order valence-electron chi connectivity index (χ3n) is 0.243. The Morgan fingerprint density at radius 2 is 1.80 bits per heavy atom. The number of amides is 1. The van der Waals surface area contributed by atoms with E-state index in [0.717, 1.165) is 6.08 Å². The van der Waals surface area contributed by atoms with Crippen LogP contribution >= 0.6 is 0 Å². The van der Waals surface area contributed by atoms with Gasteiger partial charge in [0.15, 0.2) is 0 Å². The number of primary amides is 1. The van der Waals surface area contributed by atoms with Crippen molar-refractivity contribution in [1.29, 1.82) is 0 Å². The molecule has 5 nitrogen and oxygen atoms in total. The molecule has 0 atom stereocenters. The molecule has 62 valence electrons. The summed E-state index contributed by atoms with van der Waals surface area (Å²) in [5.41, 5.74) is 4.53. The van der Waals surface area contributed by atoms with Gasteiger partial charge >= 0.3 is 41.0 Å². The minimum atomic E-state index is -0.719. The number of carbonyl (C=O) groups excluding carboxylic acids is 1. The van der Waals surface area contributed by atoms with Crippen molar-refractivity contribution in [1.82, 2.24) is 0 Å². The standard InChI is InChI=1S/C3H5NO.2Fe.3O/c1-2-3(4)5;;;;;/h2H,1H2,(H2,4,5);;;;;. The average Bonchev–Trinajstić information content (AvgIpc) is 1.91. The monoisotopic (exact) mass is 231 g/mol. The van der Waals surface area contributed by atoms with Gasteiger partial charge in [-0.2, -0.15) is 0 Å². The van der Waals surface area contributed by atoms with Gasteiger partial charge in [-0.15, -0.1) is 0 Å². The van der Waals surface area contributed by atoms with Gasteiger partial charge in [-0.1, -0.05) is 6.58 Å². The predicted molar refractivity (Wildman–Crippen MR) is 21.8 cm³/mol. The Hall–Kier alpha value is -0.191. The van der Waals surface area contributed by atoms with Gasteiger partial charge in [0, 0.05) is 0 Å². The van der Waals surface area contributed by atoms with E-state index in [2.05, 4.69) is 15.2 Å². The number of rotatable bonds is 3. The second-order valence-electron chi connectivity index (χ2n) is 0.775. The van der Waals surface area contributed by atoms with Crippen LogP contribution in [0.25, 0.3) is 0 Å². The van der Waals surface area contributed by atoms with Crippen LogP contribution in [0.15, 0.2) is 12.7 Å². The van der Waals surface area contributed by atoms with Gasteiger partial charge in [-0.25, -0.2) is 0 Å². The molecule has 1 amide bonds. The molecule has 0 aliphatic heterocycles. The van der Waals surface area contributed by atoms with E-state index in [1.54, 1.807) is 0 Å². The summed E-state index contributed by atoms with van der Waals surface area (Å²) in [5.74, 6) is -0.481. The van der Waals surface area contributed by atoms with E-state index in [1.807, 2.05) is 0 Å². The molecule has 0 saturated carbocycles. The summed E-state index contributed by atoms with van der Waals surface area (Å²) in [4.78, 5) is 9.47. The first kappa shape index (κ1) is 12.5. The molecule has 0 heterocycles. The van der Waals surface area contributed by atoms with E-state index in [1.165, 1.54) is 0 Å². The average molecular weight is 231 g/mol. The zero-order valence-electron chi connectivity index (χ0n) is 4.70. The van der Waals surface area contributed by atoms with E-state index in [0.29, 0.717) is 0 Å². The van der Waals surface area contributed by atoms with Crippen molar-refractivity contribution in [2.45, 2.75) is 0 Å². The van der Waals surface area contributed by atoms with Crippen molar-refractivity contribution in [2.24, 2.45) is 5.73 Å². The Labute approximate surface area is 70.4 Å². The van der Waals surface area contributed by atoms with E-state index in [9.17, 15) is 4.79 Å². The molecule has 10 heavy (non-hydrogen) atoms. The molecule has 0 aliphatic rings. The van der Waals surface area contributed by atoms with E-state index in [-0.39, 0.29) is 0 Å². The first-order valence-corrected chi connectivity index (χ1v) is 3.57. The molecule has 0 spiro atoms. The molecule has 0 aromatic heterocycles. The summed E-state index contributed by atoms with van der Waals surface area (Å²) < 4.78 is 21.9. The summed E-state index contributed by atoms with van der Waals surface area (Å²) in [7, 11) is 0. The molecule has 0 aromatic rings. The van der Waals surface area contributed by atoms with Gasteiger partial charge in [0.05, 0.1) is 0 Å². The number of carbonyl (C=O) groups is 1. The van der Waals surface area contributed by atoms with Gasteiger partial charge in [0.2, 0.25) is 5.91 Å². The Morgan fingerprint density at radius 1 is 1.50 bits per heavy atom. The number of nitrogens with two attached hydrogens (primary N) is 1. The summed E-state index contributed by atoms with van der Waals surface area (Å²) in [6.07, 6.45) is 1.06. The van der Waals surface area contributed by atoms with Crippen LogP contribution in [0.3, 0.4) is 0 Å². The summed E-state index contributed by atoms with van der Waals surface area (Å²) in [6, 6.07) is 0. The maximum atomic E-state index is 9.47. The van der Waals surface area contributed by atoms with Crippen molar-refractivity contribution in [2.75, 3.05) is 0 Å². The topological polar surface area (TPSA) is 86.5 Å². The minimum absolute atomic E-state index is 0.481. The van der Waals surface area contributed by atoms with E-state index >= 15 is 0 Å². The summed E-state index contributed by atoms with van der Waals surface area (Å²) >= 11 is -1.44. The zero-order valence-corrected chi connectivity index (χ0v) is 6.91. The van der Waals surface area contributed by atoms with Crippen LogP contribution in [-0.4, -0.2) is 5.91 Å². The van der Waals surface area contributed by atoms with Crippen molar-refractivity contribution in [3.8, 4) is 0 Å². The van der Waals surface area contributed by atoms with Crippen LogP contribution in [0, 0.1) is 0 Å². The van der Waals surface area contributed by atoms with Crippen LogP contribution < -0.4 is 5.73 Å². The van der Waals surface area contributed by atoms with Gasteiger partial charge < -0.3 is 5.73 Å². The SMILES string of the molecule is C=CC(N)=O.[O]=[Fe][O][Fe]=[O]. The molecular formula is C3H5Fe2NO4. The van der Waals surface area contributed by atoms with Gasteiger partial charge in [-0.05, 0) is 6.08 Å². The van der Waals surface area contributed by atoms with Crippen molar-refractivity contribution in [3.05, 3.63) is 12.7 Å². The van der Waals surface area contributed by atoms with Gasteiger partial charge in [0.1, 0.15) is 0 Å². The van der Waals surface area contributed by atoms with Crippen LogP contribution in [0.5, 0.6) is 0 Å². The van der Waals surface area contributed by atoms with Gasteiger partial charge in [0.25, 0.3) is 0 Å². The van der Waals surface area contributed by atoms with Crippen LogP contribution in [0.1, 0.15) is 0 Å². The van der Waals surface area contributed by atoms with Crippen LogP contribution in [-0.2, 0) is 45.8 Å². The van der Waals surface area contributed by atoms with E-state index in [4.69, 9.17) is 7.67 Å². The van der Waals surface area contributed by atoms with Crippen molar-refractivity contribution in [3.63, 3.8) is 0 Å². The number of hydrogen-bond acceptors (Lipinski definition) is 4.